The number of hydrogen-bond donors (Lipinski definition) is 3. The number of amides is 2. The van der Waals surface area contributed by atoms with Gasteiger partial charge in [0, 0.05) is 13.3 Å². The van der Waals surface area contributed by atoms with Gasteiger partial charge in [0.2, 0.25) is 11.8 Å². The van der Waals surface area contributed by atoms with Crippen molar-refractivity contribution in [1.29, 1.82) is 0 Å². The Morgan fingerprint density at radius 2 is 1.84 bits per heavy atom. The summed E-state index contributed by atoms with van der Waals surface area (Å²) in [7, 11) is -3.62. The smallest absolute Gasteiger partial charge is 0.327 e. The number of carbonyl (C=O) groups is 3. The first-order chi connectivity index (χ1) is 8.64. The van der Waals surface area contributed by atoms with Crippen molar-refractivity contribution in [3.05, 3.63) is 0 Å². The number of nitrogens with two attached hydrogens (primary N) is 1. The maximum Gasteiger partial charge on any atom is 0.327 e. The van der Waals surface area contributed by atoms with Crippen LogP contribution in [0.1, 0.15) is 26.2 Å². The molecule has 0 aliphatic heterocycles. The second kappa shape index (κ2) is 7.72. The Bertz CT molecular complexity index is 445. The van der Waals surface area contributed by atoms with E-state index < -0.39 is 39.4 Å². The van der Waals surface area contributed by atoms with E-state index in [1.54, 1.807) is 0 Å². The average molecular weight is 294 g/mol. The van der Waals surface area contributed by atoms with Gasteiger partial charge in [-0.1, -0.05) is 0 Å². The lowest BCUT2D eigenvalue weighted by molar-refractivity contribution is -0.140. The molecule has 0 heterocycles. The highest BCUT2D eigenvalue weighted by Gasteiger charge is 2.25. The molecule has 19 heavy (non-hydrogen) atoms. The molecule has 0 bridgehead atoms. The molecule has 0 aromatic rings. The topological polar surface area (TPSA) is 144 Å². The summed E-state index contributed by atoms with van der Waals surface area (Å²) in [6.45, 7) is 1.11. The van der Waals surface area contributed by atoms with Crippen LogP contribution in [0.5, 0.6) is 0 Å². The highest BCUT2D eigenvalue weighted by atomic mass is 32.2. The van der Waals surface area contributed by atoms with Crippen molar-refractivity contribution in [2.45, 2.75) is 32.2 Å². The van der Waals surface area contributed by atoms with Crippen LogP contribution in [0.15, 0.2) is 0 Å². The summed E-state index contributed by atoms with van der Waals surface area (Å²) in [4.78, 5) is 32.0. The fourth-order valence-corrected chi connectivity index (χ4v) is 2.92. The number of carboxylic acid groups (broad SMARTS) is 1. The van der Waals surface area contributed by atoms with Gasteiger partial charge in [0.25, 0.3) is 0 Å². The number of carbonyl (C=O) groups excluding carboxylic acids is 2. The maximum atomic E-state index is 11.6. The van der Waals surface area contributed by atoms with Crippen LogP contribution in [-0.2, 0) is 24.2 Å². The first kappa shape index (κ1) is 17.4. The largest absolute Gasteiger partial charge is 0.480 e. The number of primary amides is 1. The van der Waals surface area contributed by atoms with Gasteiger partial charge < -0.3 is 16.2 Å². The van der Waals surface area contributed by atoms with Crippen LogP contribution < -0.4 is 11.1 Å². The van der Waals surface area contributed by atoms with Gasteiger partial charge in [0.1, 0.15) is 6.04 Å². The lowest BCUT2D eigenvalue weighted by Crippen LogP contribution is -2.44. The Labute approximate surface area is 111 Å². The molecular weight excluding hydrogens is 276 g/mol. The van der Waals surface area contributed by atoms with Crippen molar-refractivity contribution in [2.24, 2.45) is 5.73 Å². The van der Waals surface area contributed by atoms with Crippen LogP contribution in [-0.4, -0.2) is 48.9 Å². The first-order valence-electron chi connectivity index (χ1n) is 5.62. The van der Waals surface area contributed by atoms with Crippen molar-refractivity contribution < 1.29 is 27.9 Å². The average Bonchev–Trinajstić information content (AvgIpc) is 2.22. The summed E-state index contributed by atoms with van der Waals surface area (Å²) in [6, 6.07) is -1.46. The molecule has 0 fully saturated rings. The number of nitrogens with one attached hydrogen (secondary N) is 1. The molecule has 0 radical (unpaired) electrons. The van der Waals surface area contributed by atoms with Gasteiger partial charge in [0.15, 0.2) is 9.84 Å². The quantitative estimate of drug-likeness (QED) is 0.448. The summed E-state index contributed by atoms with van der Waals surface area (Å²) >= 11 is 0. The van der Waals surface area contributed by atoms with Crippen molar-refractivity contribution in [1.82, 2.24) is 5.32 Å². The molecule has 0 rings (SSSR count). The van der Waals surface area contributed by atoms with Crippen LogP contribution >= 0.6 is 0 Å². The Kier molecular flexibility index (Phi) is 7.05. The van der Waals surface area contributed by atoms with Crippen LogP contribution in [0, 0.1) is 0 Å². The highest BCUT2D eigenvalue weighted by Crippen LogP contribution is 2.03. The highest BCUT2D eigenvalue weighted by molar-refractivity contribution is 7.91. The zero-order chi connectivity index (χ0) is 15.1. The summed E-state index contributed by atoms with van der Waals surface area (Å²) < 4.78 is 23.3. The fraction of sp³-hybridized carbons (Fsp3) is 0.700. The van der Waals surface area contributed by atoms with Crippen molar-refractivity contribution in [3.63, 3.8) is 0 Å². The molecule has 0 unspecified atom stereocenters. The third kappa shape index (κ3) is 9.00. The standard InChI is InChI=1S/C10H18N2O6S/c1-7(13)12-8(10(15)16)6-19(17,18)5-3-2-4-9(11)14/h8H,2-6H2,1H3,(H2,11,14)(H,12,13)(H,15,16)/t8-/m0/s1. The van der Waals surface area contributed by atoms with Crippen LogP contribution in [0.25, 0.3) is 0 Å². The van der Waals surface area contributed by atoms with E-state index in [2.05, 4.69) is 5.32 Å². The molecular formula is C10H18N2O6S. The van der Waals surface area contributed by atoms with Gasteiger partial charge in [-0.25, -0.2) is 13.2 Å². The predicted octanol–water partition coefficient (Wildman–Crippen LogP) is -1.35. The lowest BCUT2D eigenvalue weighted by Gasteiger charge is -2.13. The van der Waals surface area contributed by atoms with Gasteiger partial charge in [-0.2, -0.15) is 0 Å². The normalized spacial score (nSPS) is 12.7. The number of carboxylic acids is 1. The molecule has 0 aromatic carbocycles. The third-order valence-corrected chi connectivity index (χ3v) is 3.98. The number of unbranched alkanes of at least 4 members (excludes halogenated alkanes) is 1. The minimum Gasteiger partial charge on any atom is -0.480 e. The van der Waals surface area contributed by atoms with Crippen LogP contribution in [0.2, 0.25) is 0 Å². The van der Waals surface area contributed by atoms with E-state index in [1.165, 1.54) is 0 Å². The Morgan fingerprint density at radius 3 is 2.26 bits per heavy atom. The first-order valence-corrected chi connectivity index (χ1v) is 7.45. The SMILES string of the molecule is CC(=O)N[C@@H](CS(=O)(=O)CCCCC(N)=O)C(=O)O. The van der Waals surface area contributed by atoms with E-state index in [-0.39, 0.29) is 18.6 Å². The van der Waals surface area contributed by atoms with Gasteiger partial charge >= 0.3 is 5.97 Å². The monoisotopic (exact) mass is 294 g/mol. The Hall–Kier alpha value is -1.64. The summed E-state index contributed by atoms with van der Waals surface area (Å²) in [5.74, 6) is -3.45. The molecule has 0 saturated carbocycles. The molecule has 4 N–H and O–H groups in total. The molecule has 0 aliphatic carbocycles. The minimum absolute atomic E-state index is 0.0869. The summed E-state index contributed by atoms with van der Waals surface area (Å²) in [5.41, 5.74) is 4.90. The molecule has 1 atom stereocenters. The van der Waals surface area contributed by atoms with E-state index in [0.29, 0.717) is 6.42 Å². The molecule has 0 saturated heterocycles. The zero-order valence-electron chi connectivity index (χ0n) is 10.6. The molecule has 110 valence electrons. The van der Waals surface area contributed by atoms with Crippen molar-refractivity contribution in [2.75, 3.05) is 11.5 Å². The zero-order valence-corrected chi connectivity index (χ0v) is 11.4. The molecule has 9 heteroatoms. The van der Waals surface area contributed by atoms with E-state index in [4.69, 9.17) is 10.8 Å². The molecule has 8 nitrogen and oxygen atoms in total. The van der Waals surface area contributed by atoms with Gasteiger partial charge in [-0.05, 0) is 12.8 Å². The second-order valence-corrected chi connectivity index (χ2v) is 6.36. The Morgan fingerprint density at radius 1 is 1.26 bits per heavy atom. The fourth-order valence-electron chi connectivity index (χ4n) is 1.38. The lowest BCUT2D eigenvalue weighted by atomic mass is 10.2. The van der Waals surface area contributed by atoms with Crippen molar-refractivity contribution >= 4 is 27.6 Å². The van der Waals surface area contributed by atoms with Crippen molar-refractivity contribution in [3.8, 4) is 0 Å². The molecule has 0 aromatic heterocycles. The molecule has 0 spiro atoms. The minimum atomic E-state index is -3.62. The van der Waals surface area contributed by atoms with Gasteiger partial charge in [0.05, 0.1) is 11.5 Å². The van der Waals surface area contributed by atoms with E-state index in [0.717, 1.165) is 6.92 Å². The molecule has 2 amide bonds. The number of rotatable bonds is 9. The predicted molar refractivity (Wildman–Crippen MR) is 66.9 cm³/mol. The van der Waals surface area contributed by atoms with E-state index in [1.807, 2.05) is 0 Å². The number of aliphatic carboxylic acids is 1. The maximum absolute atomic E-state index is 11.6. The second-order valence-electron chi connectivity index (χ2n) is 4.13. The third-order valence-electron chi connectivity index (χ3n) is 2.22. The van der Waals surface area contributed by atoms with Crippen LogP contribution in [0.4, 0.5) is 0 Å². The number of sulfone groups is 1. The van der Waals surface area contributed by atoms with Gasteiger partial charge in [-0.3, -0.25) is 9.59 Å². The Balaban J connectivity index is 4.35. The van der Waals surface area contributed by atoms with E-state index in [9.17, 15) is 22.8 Å². The van der Waals surface area contributed by atoms with E-state index >= 15 is 0 Å². The number of hydrogen-bond acceptors (Lipinski definition) is 5. The molecule has 0 aliphatic rings. The summed E-state index contributed by atoms with van der Waals surface area (Å²) in [6.07, 6.45) is 0.633. The van der Waals surface area contributed by atoms with Gasteiger partial charge in [-0.15, -0.1) is 0 Å². The summed E-state index contributed by atoms with van der Waals surface area (Å²) in [5, 5.41) is 10.8. The van der Waals surface area contributed by atoms with Crippen LogP contribution in [0.3, 0.4) is 0 Å².